The average molecular weight is 350 g/mol. The van der Waals surface area contributed by atoms with Crippen molar-refractivity contribution in [2.75, 3.05) is 26.7 Å². The number of hydrogen-bond acceptors (Lipinski definition) is 6. The number of hydrogen-bond donors (Lipinski definition) is 1. The fourth-order valence-corrected chi connectivity index (χ4v) is 3.03. The number of amides is 4. The monoisotopic (exact) mass is 350 g/mol. The number of esters is 1. The molecule has 0 aromatic carbocycles. The van der Waals surface area contributed by atoms with Gasteiger partial charge in [0.05, 0.1) is 6.07 Å². The lowest BCUT2D eigenvalue weighted by molar-refractivity contribution is -0.149. The fourth-order valence-electron chi connectivity index (χ4n) is 3.03. The Morgan fingerprint density at radius 1 is 1.32 bits per heavy atom. The van der Waals surface area contributed by atoms with Gasteiger partial charge in [-0.15, -0.1) is 0 Å². The third kappa shape index (κ3) is 4.68. The zero-order valence-electron chi connectivity index (χ0n) is 14.2. The molecule has 1 saturated heterocycles. The summed E-state index contributed by atoms with van der Waals surface area (Å²) in [5, 5.41) is 11.8. The number of nitrogens with one attached hydrogen (secondary N) is 1. The lowest BCUT2D eigenvalue weighted by Crippen LogP contribution is -2.46. The largest absolute Gasteiger partial charge is 0.456 e. The van der Waals surface area contributed by atoms with Crippen molar-refractivity contribution in [1.82, 2.24) is 15.1 Å². The van der Waals surface area contributed by atoms with Crippen molar-refractivity contribution in [3.05, 3.63) is 0 Å². The molecule has 0 radical (unpaired) electrons. The van der Waals surface area contributed by atoms with Crippen LogP contribution < -0.4 is 5.32 Å². The van der Waals surface area contributed by atoms with Crippen LogP contribution in [-0.2, 0) is 19.1 Å². The second-order valence-corrected chi connectivity index (χ2v) is 6.40. The van der Waals surface area contributed by atoms with E-state index >= 15 is 0 Å². The van der Waals surface area contributed by atoms with Gasteiger partial charge >= 0.3 is 12.0 Å². The Labute approximate surface area is 145 Å². The Balaban J connectivity index is 1.65. The molecule has 9 heteroatoms. The van der Waals surface area contributed by atoms with E-state index in [0.29, 0.717) is 12.8 Å². The normalized spacial score (nSPS) is 19.0. The van der Waals surface area contributed by atoms with Gasteiger partial charge in [-0.05, 0) is 32.1 Å². The summed E-state index contributed by atoms with van der Waals surface area (Å²) in [7, 11) is 1.53. The summed E-state index contributed by atoms with van der Waals surface area (Å²) in [6.07, 6.45) is 3.25. The number of rotatable bonds is 7. The third-order valence-corrected chi connectivity index (χ3v) is 4.41. The Kier molecular flexibility index (Phi) is 5.96. The van der Waals surface area contributed by atoms with Gasteiger partial charge in [0.15, 0.2) is 6.61 Å². The van der Waals surface area contributed by atoms with Crippen LogP contribution in [-0.4, -0.2) is 65.9 Å². The maximum absolute atomic E-state index is 11.8. The standard InChI is InChI=1S/C16H22N4O5/c1-19-9-13(22)20(15(19)24)8-4-5-14(23)25-10-12(21)18-16(11-17)6-2-3-7-16/h2-10H2,1H3,(H,18,21). The topological polar surface area (TPSA) is 120 Å². The summed E-state index contributed by atoms with van der Waals surface area (Å²) < 4.78 is 4.88. The van der Waals surface area contributed by atoms with Crippen LogP contribution in [0, 0.1) is 11.3 Å². The summed E-state index contributed by atoms with van der Waals surface area (Å²) in [5.41, 5.74) is -0.841. The molecule has 0 unspecified atom stereocenters. The molecule has 4 amide bonds. The molecule has 0 aromatic heterocycles. The average Bonchev–Trinajstić information content (AvgIpc) is 3.13. The third-order valence-electron chi connectivity index (χ3n) is 4.41. The first kappa shape index (κ1) is 18.7. The molecule has 0 aromatic rings. The quantitative estimate of drug-likeness (QED) is 0.516. The molecule has 9 nitrogen and oxygen atoms in total. The molecule has 1 aliphatic carbocycles. The maximum Gasteiger partial charge on any atom is 0.326 e. The Morgan fingerprint density at radius 2 is 2.00 bits per heavy atom. The molecule has 0 bridgehead atoms. The number of likely N-dealkylation sites (N-methyl/N-ethyl adjacent to an activating group) is 1. The number of imide groups is 1. The van der Waals surface area contributed by atoms with Crippen LogP contribution in [0.4, 0.5) is 4.79 Å². The molecule has 1 aliphatic heterocycles. The molecule has 0 spiro atoms. The van der Waals surface area contributed by atoms with Gasteiger partial charge in [-0.25, -0.2) is 4.79 Å². The molecule has 1 saturated carbocycles. The van der Waals surface area contributed by atoms with E-state index in [1.165, 1.54) is 11.9 Å². The lowest BCUT2D eigenvalue weighted by Gasteiger charge is -2.21. The van der Waals surface area contributed by atoms with Crippen LogP contribution in [0.25, 0.3) is 0 Å². The second-order valence-electron chi connectivity index (χ2n) is 6.40. The van der Waals surface area contributed by atoms with Crippen molar-refractivity contribution in [1.29, 1.82) is 5.26 Å². The molecule has 0 atom stereocenters. The molecule has 1 heterocycles. The van der Waals surface area contributed by atoms with Crippen molar-refractivity contribution >= 4 is 23.8 Å². The van der Waals surface area contributed by atoms with Gasteiger partial charge in [-0.2, -0.15) is 5.26 Å². The van der Waals surface area contributed by atoms with Crippen LogP contribution in [0.2, 0.25) is 0 Å². The van der Waals surface area contributed by atoms with Crippen LogP contribution in [0.3, 0.4) is 0 Å². The predicted molar refractivity (Wildman–Crippen MR) is 84.9 cm³/mol. The zero-order chi connectivity index (χ0) is 18.4. The van der Waals surface area contributed by atoms with E-state index < -0.39 is 24.0 Å². The van der Waals surface area contributed by atoms with Gasteiger partial charge in [0.25, 0.3) is 5.91 Å². The number of carbonyl (C=O) groups is 4. The molecular formula is C16H22N4O5. The zero-order valence-corrected chi connectivity index (χ0v) is 14.2. The number of urea groups is 1. The highest BCUT2D eigenvalue weighted by atomic mass is 16.5. The van der Waals surface area contributed by atoms with E-state index in [1.54, 1.807) is 0 Å². The van der Waals surface area contributed by atoms with Crippen LogP contribution in [0.15, 0.2) is 0 Å². The van der Waals surface area contributed by atoms with Gasteiger partial charge in [0, 0.05) is 20.0 Å². The minimum absolute atomic E-state index is 0.00253. The summed E-state index contributed by atoms with van der Waals surface area (Å²) in [4.78, 5) is 49.1. The van der Waals surface area contributed by atoms with E-state index in [-0.39, 0.29) is 37.9 Å². The van der Waals surface area contributed by atoms with Crippen molar-refractivity contribution in [3.63, 3.8) is 0 Å². The van der Waals surface area contributed by atoms with E-state index in [9.17, 15) is 24.4 Å². The molecule has 25 heavy (non-hydrogen) atoms. The van der Waals surface area contributed by atoms with Gasteiger partial charge in [0.2, 0.25) is 5.91 Å². The summed E-state index contributed by atoms with van der Waals surface area (Å²) in [5.74, 6) is -1.37. The van der Waals surface area contributed by atoms with Crippen molar-refractivity contribution in [3.8, 4) is 6.07 Å². The van der Waals surface area contributed by atoms with Crippen LogP contribution >= 0.6 is 0 Å². The Morgan fingerprint density at radius 3 is 2.56 bits per heavy atom. The predicted octanol–water partition coefficient (Wildman–Crippen LogP) is 0.156. The SMILES string of the molecule is CN1CC(=O)N(CCCC(=O)OCC(=O)NC2(C#N)CCCC2)C1=O. The highest BCUT2D eigenvalue weighted by Gasteiger charge is 2.35. The Hall–Kier alpha value is -2.63. The first-order valence-corrected chi connectivity index (χ1v) is 8.30. The highest BCUT2D eigenvalue weighted by Crippen LogP contribution is 2.28. The summed E-state index contributed by atoms with van der Waals surface area (Å²) in [6, 6.07) is 1.75. The molecule has 2 fully saturated rings. The number of ether oxygens (including phenoxy) is 1. The van der Waals surface area contributed by atoms with E-state index in [1.807, 2.05) is 0 Å². The molecule has 2 aliphatic rings. The van der Waals surface area contributed by atoms with Crippen LogP contribution in [0.5, 0.6) is 0 Å². The first-order chi connectivity index (χ1) is 11.9. The van der Waals surface area contributed by atoms with E-state index in [4.69, 9.17) is 4.74 Å². The van der Waals surface area contributed by atoms with Crippen molar-refractivity contribution in [2.45, 2.75) is 44.1 Å². The first-order valence-electron chi connectivity index (χ1n) is 8.30. The fraction of sp³-hybridized carbons (Fsp3) is 0.688. The molecule has 136 valence electrons. The minimum Gasteiger partial charge on any atom is -0.456 e. The van der Waals surface area contributed by atoms with Crippen LogP contribution in [0.1, 0.15) is 38.5 Å². The highest BCUT2D eigenvalue weighted by molar-refractivity contribution is 6.01. The van der Waals surface area contributed by atoms with Crippen molar-refractivity contribution in [2.24, 2.45) is 0 Å². The number of nitriles is 1. The summed E-state index contributed by atoms with van der Waals surface area (Å²) in [6.45, 7) is -0.252. The molecular weight excluding hydrogens is 328 g/mol. The number of nitrogens with zero attached hydrogens (tertiary/aromatic N) is 3. The maximum atomic E-state index is 11.8. The summed E-state index contributed by atoms with van der Waals surface area (Å²) >= 11 is 0. The smallest absolute Gasteiger partial charge is 0.326 e. The second kappa shape index (κ2) is 7.96. The van der Waals surface area contributed by atoms with Crippen molar-refractivity contribution < 1.29 is 23.9 Å². The molecule has 2 rings (SSSR count). The Bertz CT molecular complexity index is 606. The molecule has 1 N–H and O–H groups in total. The van der Waals surface area contributed by atoms with Gasteiger partial charge in [0.1, 0.15) is 12.1 Å². The van der Waals surface area contributed by atoms with Gasteiger partial charge in [-0.1, -0.05) is 0 Å². The van der Waals surface area contributed by atoms with Gasteiger partial charge in [-0.3, -0.25) is 19.3 Å². The van der Waals surface area contributed by atoms with Gasteiger partial charge < -0.3 is 15.0 Å². The van der Waals surface area contributed by atoms with E-state index in [0.717, 1.165) is 17.7 Å². The number of carbonyl (C=O) groups excluding carboxylic acids is 4. The van der Waals surface area contributed by atoms with E-state index in [2.05, 4.69) is 11.4 Å². The minimum atomic E-state index is -0.841. The lowest BCUT2D eigenvalue weighted by atomic mass is 10.00.